The molecule has 17 heavy (non-hydrogen) atoms. The molecule has 0 aromatic heterocycles. The van der Waals surface area contributed by atoms with Gasteiger partial charge in [-0.15, -0.1) is 0 Å². The number of hydrogen-bond acceptors (Lipinski definition) is 2. The van der Waals surface area contributed by atoms with E-state index in [1.165, 1.54) is 12.8 Å². The second-order valence-electron chi connectivity index (χ2n) is 5.68. The second kappa shape index (κ2) is 6.87. The molecule has 1 N–H and O–H groups in total. The third-order valence-electron chi connectivity index (χ3n) is 3.21. The van der Waals surface area contributed by atoms with Crippen LogP contribution in [0.4, 0.5) is 4.79 Å². The van der Waals surface area contributed by atoms with Gasteiger partial charge in [0.2, 0.25) is 0 Å². The van der Waals surface area contributed by atoms with E-state index in [1.54, 1.807) is 0 Å². The highest BCUT2D eigenvalue weighted by Gasteiger charge is 2.31. The van der Waals surface area contributed by atoms with Gasteiger partial charge in [-0.1, -0.05) is 34.6 Å². The summed E-state index contributed by atoms with van der Waals surface area (Å²) >= 11 is 0. The molecule has 1 saturated carbocycles. The van der Waals surface area contributed by atoms with Crippen LogP contribution in [-0.2, 0) is 4.74 Å². The van der Waals surface area contributed by atoms with Gasteiger partial charge >= 0.3 is 6.09 Å². The number of carbonyl (C=O) groups excluding carboxylic acids is 1. The molecule has 0 bridgehead atoms. The lowest BCUT2D eigenvalue weighted by atomic mass is 9.88. The second-order valence-corrected chi connectivity index (χ2v) is 5.68. The van der Waals surface area contributed by atoms with Crippen molar-refractivity contribution < 1.29 is 9.53 Å². The van der Waals surface area contributed by atoms with Crippen LogP contribution < -0.4 is 5.32 Å². The molecule has 0 aromatic carbocycles. The van der Waals surface area contributed by atoms with E-state index in [-0.39, 0.29) is 23.7 Å². The minimum Gasteiger partial charge on any atom is -0.446 e. The molecule has 2 atom stereocenters. The van der Waals surface area contributed by atoms with Crippen molar-refractivity contribution >= 4 is 6.09 Å². The maximum atomic E-state index is 11.5. The molecule has 1 amide bonds. The largest absolute Gasteiger partial charge is 0.446 e. The predicted octanol–water partition coefficient (Wildman–Crippen LogP) is 3.97. The first-order valence-electron chi connectivity index (χ1n) is 6.78. The molecule has 1 aliphatic carbocycles. The molecule has 1 fully saturated rings. The molecular formula is C14H29NO2. The van der Waals surface area contributed by atoms with Crippen molar-refractivity contribution in [1.82, 2.24) is 5.32 Å². The number of rotatable bonds is 3. The monoisotopic (exact) mass is 243 g/mol. The van der Waals surface area contributed by atoms with E-state index in [1.807, 2.05) is 27.7 Å². The van der Waals surface area contributed by atoms with Gasteiger partial charge in [-0.2, -0.15) is 0 Å². The zero-order valence-electron chi connectivity index (χ0n) is 12.5. The fraction of sp³-hybridized carbons (Fsp3) is 0.929. The van der Waals surface area contributed by atoms with Crippen LogP contribution in [0.1, 0.15) is 61.3 Å². The van der Waals surface area contributed by atoms with Crippen molar-refractivity contribution in [2.75, 3.05) is 0 Å². The number of ether oxygens (including phenoxy) is 1. The van der Waals surface area contributed by atoms with Crippen LogP contribution in [0.2, 0.25) is 0 Å². The average molecular weight is 243 g/mol. The number of carbonyl (C=O) groups is 1. The normalized spacial score (nSPS) is 18.5. The van der Waals surface area contributed by atoms with E-state index < -0.39 is 0 Å². The predicted molar refractivity (Wildman–Crippen MR) is 72.1 cm³/mol. The first-order valence-corrected chi connectivity index (χ1v) is 6.78. The van der Waals surface area contributed by atoms with Gasteiger partial charge in [-0.05, 0) is 38.0 Å². The first-order chi connectivity index (χ1) is 7.80. The third kappa shape index (κ3) is 6.54. The molecule has 0 aliphatic heterocycles. The molecule has 2 unspecified atom stereocenters. The van der Waals surface area contributed by atoms with Crippen LogP contribution in [0.3, 0.4) is 0 Å². The lowest BCUT2D eigenvalue weighted by Crippen LogP contribution is -2.42. The molecule has 1 aliphatic rings. The van der Waals surface area contributed by atoms with Crippen LogP contribution >= 0.6 is 0 Å². The molecular weight excluding hydrogens is 214 g/mol. The highest BCUT2D eigenvalue weighted by Crippen LogP contribution is 2.34. The number of amides is 1. The van der Waals surface area contributed by atoms with E-state index in [4.69, 9.17) is 4.74 Å². The summed E-state index contributed by atoms with van der Waals surface area (Å²) in [6.07, 6.45) is 2.18. The molecule has 0 heterocycles. The molecule has 1 rings (SSSR count). The van der Waals surface area contributed by atoms with Crippen molar-refractivity contribution in [1.29, 1.82) is 0 Å². The van der Waals surface area contributed by atoms with Crippen LogP contribution in [0, 0.1) is 11.3 Å². The minimum absolute atomic E-state index is 0.0668. The summed E-state index contributed by atoms with van der Waals surface area (Å²) in [6, 6.07) is 0.122. The topological polar surface area (TPSA) is 38.3 Å². The highest BCUT2D eigenvalue weighted by atomic mass is 16.6. The number of alkyl carbamates (subject to hydrolysis) is 1. The summed E-state index contributed by atoms with van der Waals surface area (Å²) in [6.45, 7) is 14.3. The van der Waals surface area contributed by atoms with Crippen LogP contribution in [-0.4, -0.2) is 18.2 Å². The Morgan fingerprint density at radius 3 is 2.06 bits per heavy atom. The fourth-order valence-corrected chi connectivity index (χ4v) is 1.26. The summed E-state index contributed by atoms with van der Waals surface area (Å²) in [7, 11) is 0. The quantitative estimate of drug-likeness (QED) is 0.814. The Kier molecular flexibility index (Phi) is 6.58. The summed E-state index contributed by atoms with van der Waals surface area (Å²) in [5.41, 5.74) is 0.0713. The standard InChI is InChI=1S/C12H23NO2.C2H6/c1-8(10-6-7-10)15-11(14)13-9(2)12(3,4)5;1-2/h8-10H,6-7H2,1-5H3,(H,13,14);1-2H3. The lowest BCUT2D eigenvalue weighted by molar-refractivity contribution is 0.0877. The average Bonchev–Trinajstić information content (AvgIpc) is 3.02. The van der Waals surface area contributed by atoms with Crippen molar-refractivity contribution in [2.24, 2.45) is 11.3 Å². The molecule has 3 nitrogen and oxygen atoms in total. The Morgan fingerprint density at radius 2 is 1.71 bits per heavy atom. The SMILES string of the molecule is CC.CC(OC(=O)NC(C)C(C)(C)C)C1CC1. The van der Waals surface area contributed by atoms with Crippen LogP contribution in [0.15, 0.2) is 0 Å². The Balaban J connectivity index is 0.00000121. The molecule has 0 saturated heterocycles. The van der Waals surface area contributed by atoms with Crippen molar-refractivity contribution in [3.63, 3.8) is 0 Å². The summed E-state index contributed by atoms with van der Waals surface area (Å²) < 4.78 is 5.29. The maximum absolute atomic E-state index is 11.5. The summed E-state index contributed by atoms with van der Waals surface area (Å²) in [5.74, 6) is 0.598. The first kappa shape index (κ1) is 16.3. The van der Waals surface area contributed by atoms with Crippen LogP contribution in [0.25, 0.3) is 0 Å². The number of hydrogen-bond donors (Lipinski definition) is 1. The number of nitrogens with one attached hydrogen (secondary N) is 1. The molecule has 102 valence electrons. The van der Waals surface area contributed by atoms with Crippen molar-refractivity contribution in [2.45, 2.75) is 73.5 Å². The molecule has 0 radical (unpaired) electrons. The van der Waals surface area contributed by atoms with E-state index >= 15 is 0 Å². The van der Waals surface area contributed by atoms with E-state index in [2.05, 4.69) is 26.1 Å². The van der Waals surface area contributed by atoms with Gasteiger partial charge in [0, 0.05) is 6.04 Å². The third-order valence-corrected chi connectivity index (χ3v) is 3.21. The van der Waals surface area contributed by atoms with E-state index in [0.717, 1.165) is 0 Å². The Hall–Kier alpha value is -0.730. The highest BCUT2D eigenvalue weighted by molar-refractivity contribution is 5.67. The Bertz CT molecular complexity index is 229. The van der Waals surface area contributed by atoms with Gasteiger partial charge in [0.15, 0.2) is 0 Å². The molecule has 3 heteroatoms. The summed E-state index contributed by atoms with van der Waals surface area (Å²) in [5, 5.41) is 2.87. The minimum atomic E-state index is -0.281. The summed E-state index contributed by atoms with van der Waals surface area (Å²) in [4.78, 5) is 11.5. The zero-order chi connectivity index (χ0) is 13.6. The van der Waals surface area contributed by atoms with Gasteiger partial charge < -0.3 is 10.1 Å². The Morgan fingerprint density at radius 1 is 1.24 bits per heavy atom. The van der Waals surface area contributed by atoms with Crippen molar-refractivity contribution in [3.8, 4) is 0 Å². The molecule has 0 aromatic rings. The lowest BCUT2D eigenvalue weighted by Gasteiger charge is -2.28. The Labute approximate surface area is 106 Å². The van der Waals surface area contributed by atoms with Gasteiger partial charge in [0.05, 0.1) is 0 Å². The maximum Gasteiger partial charge on any atom is 0.407 e. The smallest absolute Gasteiger partial charge is 0.407 e. The van der Waals surface area contributed by atoms with Crippen LogP contribution in [0.5, 0.6) is 0 Å². The zero-order valence-corrected chi connectivity index (χ0v) is 12.5. The van der Waals surface area contributed by atoms with Crippen molar-refractivity contribution in [3.05, 3.63) is 0 Å². The van der Waals surface area contributed by atoms with Gasteiger partial charge in [0.1, 0.15) is 6.10 Å². The fourth-order valence-electron chi connectivity index (χ4n) is 1.26. The molecule has 0 spiro atoms. The van der Waals surface area contributed by atoms with Gasteiger partial charge in [-0.25, -0.2) is 4.79 Å². The van der Waals surface area contributed by atoms with Gasteiger partial charge in [-0.3, -0.25) is 0 Å². The van der Waals surface area contributed by atoms with E-state index in [9.17, 15) is 4.79 Å². The van der Waals surface area contributed by atoms with E-state index in [0.29, 0.717) is 5.92 Å². The van der Waals surface area contributed by atoms with Gasteiger partial charge in [0.25, 0.3) is 0 Å².